The van der Waals surface area contributed by atoms with Crippen molar-refractivity contribution in [1.29, 1.82) is 0 Å². The van der Waals surface area contributed by atoms with Crippen molar-refractivity contribution in [3.63, 3.8) is 0 Å². The molecule has 0 radical (unpaired) electrons. The van der Waals surface area contributed by atoms with Gasteiger partial charge in [0, 0.05) is 41.9 Å². The summed E-state index contributed by atoms with van der Waals surface area (Å²) in [5.74, 6) is 2.58. The average molecular weight is 523 g/mol. The molecule has 1 atom stereocenters. The zero-order valence-electron chi connectivity index (χ0n) is 22.0. The van der Waals surface area contributed by atoms with Gasteiger partial charge >= 0.3 is 0 Å². The first-order chi connectivity index (χ1) is 18.4. The van der Waals surface area contributed by atoms with Gasteiger partial charge in [-0.1, -0.05) is 18.2 Å². The minimum absolute atomic E-state index is 0.0909. The molecule has 0 aliphatic carbocycles. The number of carbonyl (C=O) groups excluding carboxylic acids is 1. The molecule has 0 spiro atoms. The smallest absolute Gasteiger partial charge is 0.249 e. The minimum atomic E-state index is -0.734. The molecule has 3 rings (SSSR count). The number of hydrogen-bond acceptors (Lipinski definition) is 8. The molecule has 1 unspecified atom stereocenters. The number of hydrogen-bond donors (Lipinski definition) is 3. The lowest BCUT2D eigenvalue weighted by atomic mass is 10.0. The van der Waals surface area contributed by atoms with Gasteiger partial charge in [0.1, 0.15) is 41.5 Å². The molecule has 202 valence electrons. The van der Waals surface area contributed by atoms with E-state index in [2.05, 4.69) is 5.32 Å². The highest BCUT2D eigenvalue weighted by Gasteiger charge is 2.13. The number of benzene rings is 3. The summed E-state index contributed by atoms with van der Waals surface area (Å²) in [7, 11) is 6.31. The zero-order valence-corrected chi connectivity index (χ0v) is 22.0. The van der Waals surface area contributed by atoms with Gasteiger partial charge in [0.15, 0.2) is 0 Å². The first kappa shape index (κ1) is 28.4. The van der Waals surface area contributed by atoms with E-state index in [1.807, 2.05) is 18.2 Å². The molecule has 9 nitrogen and oxygen atoms in total. The summed E-state index contributed by atoms with van der Waals surface area (Å²) in [6.45, 7) is 0.930. The van der Waals surface area contributed by atoms with Gasteiger partial charge in [-0.3, -0.25) is 4.79 Å². The molecular formula is C29H34N2O7. The molecule has 3 aromatic rings. The van der Waals surface area contributed by atoms with Crippen LogP contribution in [-0.2, 0) is 11.3 Å². The largest absolute Gasteiger partial charge is 0.497 e. The van der Waals surface area contributed by atoms with E-state index >= 15 is 0 Å². The topological polar surface area (TPSA) is 122 Å². The van der Waals surface area contributed by atoms with Crippen molar-refractivity contribution in [2.24, 2.45) is 5.73 Å². The van der Waals surface area contributed by atoms with Gasteiger partial charge in [-0.25, -0.2) is 0 Å². The lowest BCUT2D eigenvalue weighted by molar-refractivity contribution is -0.112. The highest BCUT2D eigenvalue weighted by molar-refractivity contribution is 6.23. The number of aliphatic hydroxyl groups excluding tert-OH is 1. The maximum atomic E-state index is 12.2. The van der Waals surface area contributed by atoms with Gasteiger partial charge in [-0.2, -0.15) is 0 Å². The van der Waals surface area contributed by atoms with Gasteiger partial charge in [-0.15, -0.1) is 0 Å². The summed E-state index contributed by atoms with van der Waals surface area (Å²) in [5, 5.41) is 13.5. The molecule has 4 N–H and O–H groups in total. The molecule has 0 heterocycles. The van der Waals surface area contributed by atoms with Gasteiger partial charge in [0.05, 0.1) is 28.4 Å². The summed E-state index contributed by atoms with van der Waals surface area (Å²) in [5.41, 5.74) is 8.24. The number of nitrogens with two attached hydrogens (primary N) is 1. The molecule has 0 aliphatic heterocycles. The quantitative estimate of drug-likeness (QED) is 0.218. The highest BCUT2D eigenvalue weighted by atomic mass is 16.5. The molecular weight excluding hydrogens is 488 g/mol. The molecule has 3 aromatic carbocycles. The van der Waals surface area contributed by atoms with E-state index in [-0.39, 0.29) is 6.61 Å². The van der Waals surface area contributed by atoms with Crippen molar-refractivity contribution >= 4 is 17.6 Å². The fraction of sp³-hybridized carbons (Fsp3) is 0.276. The minimum Gasteiger partial charge on any atom is -0.497 e. The van der Waals surface area contributed by atoms with E-state index in [4.69, 9.17) is 29.4 Å². The normalized spacial score (nSPS) is 12.0. The number of methoxy groups -OCH3 is 4. The third-order valence-electron chi connectivity index (χ3n) is 5.80. The van der Waals surface area contributed by atoms with Crippen LogP contribution in [0.5, 0.6) is 28.7 Å². The Kier molecular flexibility index (Phi) is 10.4. The SMILES string of the molecule is COc1ccc(/C=C(\C(N)=O)c2ccc(OCC(O)CNCc3ccc(OC)cc3OC)cc2)c(OC)c1. The molecule has 0 aromatic heterocycles. The van der Waals surface area contributed by atoms with Crippen molar-refractivity contribution in [3.8, 4) is 28.7 Å². The van der Waals surface area contributed by atoms with Crippen LogP contribution in [0.4, 0.5) is 0 Å². The second-order valence-electron chi connectivity index (χ2n) is 8.33. The molecule has 38 heavy (non-hydrogen) atoms. The third-order valence-corrected chi connectivity index (χ3v) is 5.80. The van der Waals surface area contributed by atoms with E-state index in [0.717, 1.165) is 5.56 Å². The number of carbonyl (C=O) groups is 1. The Morgan fingerprint density at radius 2 is 1.47 bits per heavy atom. The van der Waals surface area contributed by atoms with Crippen LogP contribution in [0, 0.1) is 0 Å². The molecule has 0 bridgehead atoms. The Hall–Kier alpha value is -4.21. The molecule has 0 aliphatic rings. The van der Waals surface area contributed by atoms with Gasteiger partial charge in [0.25, 0.3) is 0 Å². The van der Waals surface area contributed by atoms with Gasteiger partial charge in [0.2, 0.25) is 5.91 Å². The fourth-order valence-electron chi connectivity index (χ4n) is 3.74. The maximum absolute atomic E-state index is 12.2. The summed E-state index contributed by atoms with van der Waals surface area (Å²) in [4.78, 5) is 12.2. The van der Waals surface area contributed by atoms with Gasteiger partial charge < -0.3 is 39.8 Å². The van der Waals surface area contributed by atoms with Crippen molar-refractivity contribution in [2.45, 2.75) is 12.6 Å². The van der Waals surface area contributed by atoms with Crippen LogP contribution in [0.2, 0.25) is 0 Å². The maximum Gasteiger partial charge on any atom is 0.249 e. The predicted molar refractivity (Wildman–Crippen MR) is 146 cm³/mol. The van der Waals surface area contributed by atoms with E-state index in [1.54, 1.807) is 77.0 Å². The molecule has 9 heteroatoms. The van der Waals surface area contributed by atoms with E-state index in [9.17, 15) is 9.90 Å². The van der Waals surface area contributed by atoms with Crippen LogP contribution in [0.25, 0.3) is 11.6 Å². The first-order valence-corrected chi connectivity index (χ1v) is 11.9. The Bertz CT molecular complexity index is 1240. The van der Waals surface area contributed by atoms with E-state index in [0.29, 0.717) is 58.5 Å². The van der Waals surface area contributed by atoms with Crippen molar-refractivity contribution in [3.05, 3.63) is 77.4 Å². The summed E-state index contributed by atoms with van der Waals surface area (Å²) >= 11 is 0. The lowest BCUT2D eigenvalue weighted by Crippen LogP contribution is -2.31. The molecule has 0 saturated carbocycles. The zero-order chi connectivity index (χ0) is 27.5. The Morgan fingerprint density at radius 1 is 0.868 bits per heavy atom. The van der Waals surface area contributed by atoms with Crippen LogP contribution in [0.15, 0.2) is 60.7 Å². The number of aliphatic hydroxyl groups is 1. The standard InChI is InChI=1S/C29H34N2O7/c1-34-24-11-7-20(27(14-24)36-3)13-26(29(30)33)19-5-9-23(10-6-19)38-18-22(32)17-31-16-21-8-12-25(35-2)15-28(21)37-4/h5-15,22,31-32H,16-18H2,1-4H3,(H2,30,33)/b26-13-. The molecule has 0 fully saturated rings. The predicted octanol–water partition coefficient (Wildman–Crippen LogP) is 3.28. The van der Waals surface area contributed by atoms with E-state index < -0.39 is 12.0 Å². The average Bonchev–Trinajstić information content (AvgIpc) is 2.95. The molecule has 1 amide bonds. The highest BCUT2D eigenvalue weighted by Crippen LogP contribution is 2.29. The number of nitrogens with one attached hydrogen (secondary N) is 1. The summed E-state index contributed by atoms with van der Waals surface area (Å²) < 4.78 is 27.0. The van der Waals surface area contributed by atoms with Crippen LogP contribution in [0.1, 0.15) is 16.7 Å². The van der Waals surface area contributed by atoms with Crippen LogP contribution in [0.3, 0.4) is 0 Å². The number of rotatable bonds is 14. The van der Waals surface area contributed by atoms with E-state index in [1.165, 1.54) is 0 Å². The summed E-state index contributed by atoms with van der Waals surface area (Å²) in [6.07, 6.45) is 0.937. The third kappa shape index (κ3) is 7.64. The Labute approximate surface area is 222 Å². The lowest BCUT2D eigenvalue weighted by Gasteiger charge is -2.15. The van der Waals surface area contributed by atoms with Crippen molar-refractivity contribution in [2.75, 3.05) is 41.6 Å². The van der Waals surface area contributed by atoms with Crippen LogP contribution in [-0.4, -0.2) is 58.7 Å². The number of ether oxygens (including phenoxy) is 5. The second-order valence-corrected chi connectivity index (χ2v) is 8.33. The van der Waals surface area contributed by atoms with Gasteiger partial charge in [-0.05, 0) is 42.0 Å². The second kappa shape index (κ2) is 13.9. The fourth-order valence-corrected chi connectivity index (χ4v) is 3.74. The first-order valence-electron chi connectivity index (χ1n) is 11.9. The van der Waals surface area contributed by atoms with Crippen molar-refractivity contribution in [1.82, 2.24) is 5.32 Å². The van der Waals surface area contributed by atoms with Crippen molar-refractivity contribution < 1.29 is 33.6 Å². The Balaban J connectivity index is 1.58. The number of amides is 1. The Morgan fingerprint density at radius 3 is 2.08 bits per heavy atom. The van der Waals surface area contributed by atoms with Crippen LogP contribution >= 0.6 is 0 Å². The monoisotopic (exact) mass is 522 g/mol. The molecule has 0 saturated heterocycles. The van der Waals surface area contributed by atoms with Crippen LogP contribution < -0.4 is 34.7 Å². The summed E-state index contributed by atoms with van der Waals surface area (Å²) in [6, 6.07) is 17.8. The number of primary amides is 1.